The van der Waals surface area contributed by atoms with Crippen molar-refractivity contribution in [3.63, 3.8) is 0 Å². The Balaban J connectivity index is 2.34. The van der Waals surface area contributed by atoms with Gasteiger partial charge in [-0.15, -0.1) is 0 Å². The Bertz CT molecular complexity index is 387. The fraction of sp³-hybridized carbons (Fsp3) is 0.417. The van der Waals surface area contributed by atoms with E-state index in [1.807, 2.05) is 0 Å². The number of thioether (sulfide) groups is 1. The van der Waals surface area contributed by atoms with Crippen molar-refractivity contribution in [2.24, 2.45) is 0 Å². The lowest BCUT2D eigenvalue weighted by Gasteiger charge is -2.07. The van der Waals surface area contributed by atoms with Gasteiger partial charge in [0, 0.05) is 17.7 Å². The van der Waals surface area contributed by atoms with Crippen molar-refractivity contribution in [3.8, 4) is 0 Å². The molecule has 1 amide bonds. The van der Waals surface area contributed by atoms with Crippen LogP contribution in [-0.4, -0.2) is 38.6 Å². The first-order valence-electron chi connectivity index (χ1n) is 5.53. The molecule has 0 aliphatic heterocycles. The van der Waals surface area contributed by atoms with Gasteiger partial charge in [0.1, 0.15) is 6.61 Å². The summed E-state index contributed by atoms with van der Waals surface area (Å²) >= 11 is 0.461. The highest BCUT2D eigenvalue weighted by Crippen LogP contribution is 2.26. The highest BCUT2D eigenvalue weighted by molar-refractivity contribution is 7.99. The number of methoxy groups -OCH3 is 1. The van der Waals surface area contributed by atoms with Gasteiger partial charge in [-0.05, 0) is 24.3 Å². The second-order valence-corrected chi connectivity index (χ2v) is 4.56. The lowest BCUT2D eigenvalue weighted by molar-refractivity contribution is -0.121. The van der Waals surface area contributed by atoms with Crippen LogP contribution < -0.4 is 5.32 Å². The number of anilines is 1. The number of carbonyl (C=O) groups excluding carboxylic acids is 1. The zero-order chi connectivity index (χ0) is 14.1. The molecule has 0 spiro atoms. The third-order valence-electron chi connectivity index (χ3n) is 2.03. The maximum absolute atomic E-state index is 12.1. The number of benzene rings is 1. The predicted octanol–water partition coefficient (Wildman–Crippen LogP) is 2.60. The summed E-state index contributed by atoms with van der Waals surface area (Å²) in [5, 5.41) is 2.60. The normalized spacial score (nSPS) is 10.7. The lowest BCUT2D eigenvalue weighted by Crippen LogP contribution is -2.19. The smallest absolute Gasteiger partial charge is 0.288 e. The first-order valence-corrected chi connectivity index (χ1v) is 6.41. The molecule has 4 nitrogen and oxygen atoms in total. The zero-order valence-corrected chi connectivity index (χ0v) is 11.2. The molecule has 106 valence electrons. The SMILES string of the molecule is COCCOCC(=O)Nc1ccc(SC(F)F)cc1. The van der Waals surface area contributed by atoms with E-state index >= 15 is 0 Å². The van der Waals surface area contributed by atoms with E-state index in [0.29, 0.717) is 35.6 Å². The van der Waals surface area contributed by atoms with Gasteiger partial charge in [-0.25, -0.2) is 0 Å². The number of alkyl halides is 2. The summed E-state index contributed by atoms with van der Waals surface area (Å²) < 4.78 is 34.0. The summed E-state index contributed by atoms with van der Waals surface area (Å²) in [6.45, 7) is 0.692. The van der Waals surface area contributed by atoms with E-state index in [1.54, 1.807) is 19.2 Å². The first kappa shape index (κ1) is 15.9. The maximum atomic E-state index is 12.1. The summed E-state index contributed by atoms with van der Waals surface area (Å²) in [6, 6.07) is 6.19. The number of nitrogens with one attached hydrogen (secondary N) is 1. The molecule has 0 bridgehead atoms. The number of halogens is 2. The van der Waals surface area contributed by atoms with Crippen LogP contribution in [0.2, 0.25) is 0 Å². The molecule has 19 heavy (non-hydrogen) atoms. The molecule has 0 aliphatic carbocycles. The Morgan fingerprint density at radius 3 is 2.58 bits per heavy atom. The van der Waals surface area contributed by atoms with E-state index in [0.717, 1.165) is 0 Å². The van der Waals surface area contributed by atoms with Gasteiger partial charge in [0.15, 0.2) is 0 Å². The average Bonchev–Trinajstić information content (AvgIpc) is 2.36. The van der Waals surface area contributed by atoms with Crippen LogP contribution in [0.1, 0.15) is 0 Å². The van der Waals surface area contributed by atoms with Crippen molar-refractivity contribution in [2.45, 2.75) is 10.7 Å². The number of ether oxygens (including phenoxy) is 2. The van der Waals surface area contributed by atoms with Crippen molar-refractivity contribution in [1.29, 1.82) is 0 Å². The van der Waals surface area contributed by atoms with E-state index in [-0.39, 0.29) is 12.5 Å². The quantitative estimate of drug-likeness (QED) is 0.591. The molecule has 0 saturated heterocycles. The number of hydrogen-bond acceptors (Lipinski definition) is 4. The van der Waals surface area contributed by atoms with Crippen LogP contribution in [0.15, 0.2) is 29.2 Å². The van der Waals surface area contributed by atoms with Crippen LogP contribution in [0.4, 0.5) is 14.5 Å². The minimum Gasteiger partial charge on any atom is -0.382 e. The number of hydrogen-bond donors (Lipinski definition) is 1. The van der Waals surface area contributed by atoms with Gasteiger partial charge < -0.3 is 14.8 Å². The summed E-state index contributed by atoms with van der Waals surface area (Å²) in [5.74, 6) is -2.75. The van der Waals surface area contributed by atoms with Crippen LogP contribution in [-0.2, 0) is 14.3 Å². The summed E-state index contributed by atoms with van der Waals surface area (Å²) in [6.07, 6.45) is 0. The standard InChI is InChI=1S/C12H15F2NO3S/c1-17-6-7-18-8-11(16)15-9-2-4-10(5-3-9)19-12(13)14/h2-5,12H,6-8H2,1H3,(H,15,16). The van der Waals surface area contributed by atoms with Crippen LogP contribution in [0, 0.1) is 0 Å². The summed E-state index contributed by atoms with van der Waals surface area (Å²) in [7, 11) is 1.54. The maximum Gasteiger partial charge on any atom is 0.288 e. The highest BCUT2D eigenvalue weighted by atomic mass is 32.2. The van der Waals surface area contributed by atoms with E-state index in [2.05, 4.69) is 5.32 Å². The van der Waals surface area contributed by atoms with Crippen molar-refractivity contribution in [2.75, 3.05) is 32.2 Å². The molecule has 1 rings (SSSR count). The van der Waals surface area contributed by atoms with Gasteiger partial charge >= 0.3 is 0 Å². The number of amides is 1. The predicted molar refractivity (Wildman–Crippen MR) is 69.6 cm³/mol. The topological polar surface area (TPSA) is 47.6 Å². The Morgan fingerprint density at radius 2 is 2.00 bits per heavy atom. The number of rotatable bonds is 8. The molecular formula is C12H15F2NO3S. The van der Waals surface area contributed by atoms with E-state index in [1.165, 1.54) is 12.1 Å². The largest absolute Gasteiger partial charge is 0.382 e. The molecule has 1 aromatic rings. The number of carbonyl (C=O) groups is 1. The van der Waals surface area contributed by atoms with E-state index < -0.39 is 5.76 Å². The van der Waals surface area contributed by atoms with E-state index in [9.17, 15) is 13.6 Å². The molecule has 0 fully saturated rings. The zero-order valence-electron chi connectivity index (χ0n) is 10.4. The van der Waals surface area contributed by atoms with Gasteiger partial charge in [0.2, 0.25) is 5.91 Å². The highest BCUT2D eigenvalue weighted by Gasteiger charge is 2.06. The van der Waals surface area contributed by atoms with Gasteiger partial charge in [-0.2, -0.15) is 8.78 Å². The Labute approximate surface area is 114 Å². The monoisotopic (exact) mass is 291 g/mol. The third-order valence-corrected chi connectivity index (χ3v) is 2.75. The molecule has 0 unspecified atom stereocenters. The fourth-order valence-electron chi connectivity index (χ4n) is 1.22. The van der Waals surface area contributed by atoms with Gasteiger partial charge in [0.25, 0.3) is 5.76 Å². The lowest BCUT2D eigenvalue weighted by atomic mass is 10.3. The van der Waals surface area contributed by atoms with Crippen molar-refractivity contribution < 1.29 is 23.0 Å². The Morgan fingerprint density at radius 1 is 1.32 bits per heavy atom. The van der Waals surface area contributed by atoms with Crippen LogP contribution in [0.5, 0.6) is 0 Å². The molecular weight excluding hydrogens is 276 g/mol. The van der Waals surface area contributed by atoms with Crippen molar-refractivity contribution in [1.82, 2.24) is 0 Å². The molecule has 0 saturated carbocycles. The van der Waals surface area contributed by atoms with Crippen molar-refractivity contribution in [3.05, 3.63) is 24.3 Å². The first-order chi connectivity index (χ1) is 9.11. The Hall–Kier alpha value is -1.18. The molecule has 0 heterocycles. The van der Waals surface area contributed by atoms with Gasteiger partial charge in [0.05, 0.1) is 13.2 Å². The molecule has 7 heteroatoms. The third kappa shape index (κ3) is 7.09. The summed E-state index contributed by atoms with van der Waals surface area (Å²) in [5.41, 5.74) is 0.541. The fourth-order valence-corrected chi connectivity index (χ4v) is 1.72. The molecule has 0 aliphatic rings. The van der Waals surface area contributed by atoms with Gasteiger partial charge in [-0.3, -0.25) is 4.79 Å². The van der Waals surface area contributed by atoms with Crippen molar-refractivity contribution >= 4 is 23.4 Å². The Kier molecular flexibility index (Phi) is 7.39. The molecule has 1 aromatic carbocycles. The minimum absolute atomic E-state index is 0.0725. The van der Waals surface area contributed by atoms with Gasteiger partial charge in [-0.1, -0.05) is 11.8 Å². The molecule has 0 aromatic heterocycles. The van der Waals surface area contributed by atoms with E-state index in [4.69, 9.17) is 9.47 Å². The van der Waals surface area contributed by atoms with Crippen LogP contribution >= 0.6 is 11.8 Å². The molecule has 0 atom stereocenters. The van der Waals surface area contributed by atoms with Crippen LogP contribution in [0.25, 0.3) is 0 Å². The molecule has 0 radical (unpaired) electrons. The second-order valence-electron chi connectivity index (χ2n) is 3.50. The minimum atomic E-state index is -2.45. The average molecular weight is 291 g/mol. The van der Waals surface area contributed by atoms with Crippen LogP contribution in [0.3, 0.4) is 0 Å². The molecule has 1 N–H and O–H groups in total. The second kappa shape index (κ2) is 8.84. The summed E-state index contributed by atoms with van der Waals surface area (Å²) in [4.78, 5) is 11.9.